The van der Waals surface area contributed by atoms with Gasteiger partial charge in [-0.3, -0.25) is 0 Å². The Morgan fingerprint density at radius 2 is 2.24 bits per heavy atom. The van der Waals surface area contributed by atoms with Crippen LogP contribution in [0.3, 0.4) is 0 Å². The zero-order valence-corrected chi connectivity index (χ0v) is 9.71. The third kappa shape index (κ3) is 2.12. The van der Waals surface area contributed by atoms with Crippen LogP contribution in [0.15, 0.2) is 18.2 Å². The molecule has 2 aromatic rings. The van der Waals surface area contributed by atoms with Crippen LogP contribution in [0.5, 0.6) is 0 Å². The number of aromatic nitrogens is 1. The Morgan fingerprint density at radius 3 is 2.76 bits per heavy atom. The minimum absolute atomic E-state index is 0.0764. The molecule has 0 aliphatic rings. The molecule has 88 valence electrons. The van der Waals surface area contributed by atoms with Gasteiger partial charge in [0, 0.05) is 5.56 Å². The van der Waals surface area contributed by atoms with Crippen molar-refractivity contribution in [2.75, 3.05) is 5.73 Å². The molecule has 0 radical (unpaired) electrons. The van der Waals surface area contributed by atoms with Crippen LogP contribution in [-0.2, 0) is 0 Å². The van der Waals surface area contributed by atoms with Crippen molar-refractivity contribution in [1.29, 1.82) is 0 Å². The van der Waals surface area contributed by atoms with E-state index in [1.54, 1.807) is 19.1 Å². The minimum atomic E-state index is -1.21. The lowest BCUT2D eigenvalue weighted by molar-refractivity contribution is 0.0692. The van der Waals surface area contributed by atoms with Crippen molar-refractivity contribution in [1.82, 2.24) is 4.98 Å². The van der Waals surface area contributed by atoms with Crippen LogP contribution in [0, 0.1) is 12.7 Å². The van der Waals surface area contributed by atoms with Gasteiger partial charge in [0.25, 0.3) is 0 Å². The number of hydrogen-bond donors (Lipinski definition) is 2. The summed E-state index contributed by atoms with van der Waals surface area (Å²) in [5, 5.41) is 9.16. The number of halogens is 1. The van der Waals surface area contributed by atoms with E-state index in [-0.39, 0.29) is 21.3 Å². The van der Waals surface area contributed by atoms with Gasteiger partial charge in [-0.25, -0.2) is 14.2 Å². The Bertz CT molecular complexity index is 595. The summed E-state index contributed by atoms with van der Waals surface area (Å²) in [5.74, 6) is -1.65. The molecule has 0 aliphatic heterocycles. The normalized spacial score (nSPS) is 10.5. The molecule has 0 amide bonds. The minimum Gasteiger partial charge on any atom is -0.476 e. The number of nitrogens with zero attached hydrogens (tertiary/aromatic N) is 1. The van der Waals surface area contributed by atoms with Crippen molar-refractivity contribution in [3.8, 4) is 10.6 Å². The number of nitrogens with two attached hydrogens (primary N) is 1. The summed E-state index contributed by atoms with van der Waals surface area (Å²) in [4.78, 5) is 14.6. The lowest BCUT2D eigenvalue weighted by atomic mass is 10.1. The van der Waals surface area contributed by atoms with E-state index < -0.39 is 11.8 Å². The maximum Gasteiger partial charge on any atom is 0.357 e. The SMILES string of the molecule is Cc1ccc(-c2nc(C(=O)O)c(N)s2)c(F)c1. The van der Waals surface area contributed by atoms with Gasteiger partial charge in [-0.1, -0.05) is 17.4 Å². The number of carboxylic acid groups (broad SMARTS) is 1. The zero-order valence-electron chi connectivity index (χ0n) is 8.90. The van der Waals surface area contributed by atoms with E-state index in [2.05, 4.69) is 4.98 Å². The van der Waals surface area contributed by atoms with Gasteiger partial charge >= 0.3 is 5.97 Å². The molecular weight excluding hydrogens is 243 g/mol. The quantitative estimate of drug-likeness (QED) is 0.861. The number of hydrogen-bond acceptors (Lipinski definition) is 4. The van der Waals surface area contributed by atoms with E-state index in [9.17, 15) is 9.18 Å². The molecule has 1 heterocycles. The molecule has 4 nitrogen and oxygen atoms in total. The first-order valence-corrected chi connectivity index (χ1v) is 5.57. The number of aromatic carboxylic acids is 1. The zero-order chi connectivity index (χ0) is 12.6. The molecule has 0 unspecified atom stereocenters. The second-order valence-electron chi connectivity index (χ2n) is 3.52. The fraction of sp³-hybridized carbons (Fsp3) is 0.0909. The standard InChI is InChI=1S/C11H9FN2O2S/c1-5-2-3-6(7(12)4-5)10-14-8(11(15)16)9(13)17-10/h2-4H,13H2,1H3,(H,15,16). The Hall–Kier alpha value is -1.95. The van der Waals surface area contributed by atoms with Crippen LogP contribution in [0.2, 0.25) is 0 Å². The van der Waals surface area contributed by atoms with Gasteiger partial charge in [-0.2, -0.15) is 0 Å². The average Bonchev–Trinajstić information content (AvgIpc) is 2.60. The van der Waals surface area contributed by atoms with E-state index in [1.807, 2.05) is 0 Å². The molecule has 1 aromatic carbocycles. The van der Waals surface area contributed by atoms with Crippen LogP contribution in [0.1, 0.15) is 16.1 Å². The second-order valence-corrected chi connectivity index (χ2v) is 4.55. The topological polar surface area (TPSA) is 76.2 Å². The van der Waals surface area contributed by atoms with Gasteiger partial charge in [0.2, 0.25) is 0 Å². The highest BCUT2D eigenvalue weighted by atomic mass is 32.1. The van der Waals surface area contributed by atoms with Crippen molar-refractivity contribution in [2.24, 2.45) is 0 Å². The highest BCUT2D eigenvalue weighted by Crippen LogP contribution is 2.31. The van der Waals surface area contributed by atoms with Crippen molar-refractivity contribution in [2.45, 2.75) is 6.92 Å². The van der Waals surface area contributed by atoms with Gasteiger partial charge in [0.05, 0.1) is 0 Å². The first kappa shape index (κ1) is 11.5. The number of thiazole rings is 1. The first-order valence-electron chi connectivity index (χ1n) is 4.75. The second kappa shape index (κ2) is 4.14. The van der Waals surface area contributed by atoms with Crippen LogP contribution in [0.4, 0.5) is 9.39 Å². The molecule has 0 saturated heterocycles. The van der Waals surface area contributed by atoms with Gasteiger partial charge in [0.15, 0.2) is 5.69 Å². The summed E-state index contributed by atoms with van der Waals surface area (Å²) < 4.78 is 13.7. The lowest BCUT2D eigenvalue weighted by Gasteiger charge is -1.99. The summed E-state index contributed by atoms with van der Waals surface area (Å²) in [5.41, 5.74) is 6.33. The molecule has 0 bridgehead atoms. The van der Waals surface area contributed by atoms with Gasteiger partial charge < -0.3 is 10.8 Å². The molecule has 17 heavy (non-hydrogen) atoms. The summed E-state index contributed by atoms with van der Waals surface area (Å²) in [6.45, 7) is 1.77. The summed E-state index contributed by atoms with van der Waals surface area (Å²) in [6, 6.07) is 4.67. The van der Waals surface area contributed by atoms with Crippen LogP contribution in [-0.4, -0.2) is 16.1 Å². The largest absolute Gasteiger partial charge is 0.476 e. The molecule has 0 spiro atoms. The van der Waals surface area contributed by atoms with Crippen molar-refractivity contribution < 1.29 is 14.3 Å². The fourth-order valence-corrected chi connectivity index (χ4v) is 2.24. The molecule has 0 fully saturated rings. The summed E-state index contributed by atoms with van der Waals surface area (Å²) in [7, 11) is 0. The third-order valence-electron chi connectivity index (χ3n) is 2.21. The van der Waals surface area contributed by atoms with E-state index >= 15 is 0 Å². The molecule has 0 aliphatic carbocycles. The first-order chi connectivity index (χ1) is 7.99. The lowest BCUT2D eigenvalue weighted by Crippen LogP contribution is -2.00. The Kier molecular flexibility index (Phi) is 2.81. The highest BCUT2D eigenvalue weighted by Gasteiger charge is 2.17. The van der Waals surface area contributed by atoms with E-state index in [0.29, 0.717) is 0 Å². The van der Waals surface area contributed by atoms with Crippen LogP contribution < -0.4 is 5.73 Å². The van der Waals surface area contributed by atoms with Crippen molar-refractivity contribution >= 4 is 22.3 Å². The number of nitrogen functional groups attached to an aromatic ring is 1. The summed E-state index contributed by atoms with van der Waals surface area (Å²) in [6.07, 6.45) is 0. The molecule has 3 N–H and O–H groups in total. The number of anilines is 1. The van der Waals surface area contributed by atoms with Gasteiger partial charge in [-0.15, -0.1) is 0 Å². The average molecular weight is 252 g/mol. The number of carboxylic acids is 1. The Labute approximate surface area is 101 Å². The molecule has 1 aromatic heterocycles. The van der Waals surface area contributed by atoms with Crippen LogP contribution in [0.25, 0.3) is 10.6 Å². The maximum absolute atomic E-state index is 13.7. The maximum atomic E-state index is 13.7. The monoisotopic (exact) mass is 252 g/mol. The number of carbonyl (C=O) groups is 1. The van der Waals surface area contributed by atoms with Crippen molar-refractivity contribution in [3.63, 3.8) is 0 Å². The fourth-order valence-electron chi connectivity index (χ4n) is 1.39. The Morgan fingerprint density at radius 1 is 1.53 bits per heavy atom. The van der Waals surface area contributed by atoms with Gasteiger partial charge in [0.1, 0.15) is 15.8 Å². The van der Waals surface area contributed by atoms with E-state index in [0.717, 1.165) is 16.9 Å². The number of rotatable bonds is 2. The molecule has 6 heteroatoms. The number of aryl methyl sites for hydroxylation is 1. The smallest absolute Gasteiger partial charge is 0.357 e. The Balaban J connectivity index is 2.53. The van der Waals surface area contributed by atoms with Crippen LogP contribution >= 0.6 is 11.3 Å². The number of benzene rings is 1. The predicted molar refractivity (Wildman–Crippen MR) is 63.6 cm³/mol. The van der Waals surface area contributed by atoms with Crippen molar-refractivity contribution in [3.05, 3.63) is 35.3 Å². The van der Waals surface area contributed by atoms with E-state index in [1.165, 1.54) is 6.07 Å². The third-order valence-corrected chi connectivity index (χ3v) is 3.13. The predicted octanol–water partition coefficient (Wildman–Crippen LogP) is 2.54. The van der Waals surface area contributed by atoms with Gasteiger partial charge in [-0.05, 0) is 24.6 Å². The van der Waals surface area contributed by atoms with E-state index in [4.69, 9.17) is 10.8 Å². The molecule has 0 atom stereocenters. The molecule has 0 saturated carbocycles. The summed E-state index contributed by atoms with van der Waals surface area (Å²) >= 11 is 0.962. The highest BCUT2D eigenvalue weighted by molar-refractivity contribution is 7.19. The molecule has 2 rings (SSSR count). The molecular formula is C11H9FN2O2S.